The molecule has 1 heterocycles. The quantitative estimate of drug-likeness (QED) is 0.667. The van der Waals surface area contributed by atoms with Crippen molar-refractivity contribution >= 4 is 23.0 Å². The molecule has 1 aliphatic rings. The van der Waals surface area contributed by atoms with E-state index in [-0.39, 0.29) is 11.6 Å². The van der Waals surface area contributed by atoms with Crippen LogP contribution in [-0.4, -0.2) is 18.2 Å². The molecule has 100 valence electrons. The summed E-state index contributed by atoms with van der Waals surface area (Å²) in [4.78, 5) is 13.5. The molecule has 20 heavy (non-hydrogen) atoms. The highest BCUT2D eigenvalue weighted by molar-refractivity contribution is 6.10. The highest BCUT2D eigenvalue weighted by atomic mass is 16.2. The molecule has 0 radical (unpaired) electrons. The van der Waals surface area contributed by atoms with Crippen LogP contribution < -0.4 is 10.3 Å². The van der Waals surface area contributed by atoms with Crippen molar-refractivity contribution in [3.05, 3.63) is 23.8 Å². The van der Waals surface area contributed by atoms with E-state index in [4.69, 9.17) is 10.5 Å². The molecule has 6 nitrogen and oxygen atoms in total. The third-order valence-corrected chi connectivity index (χ3v) is 3.10. The van der Waals surface area contributed by atoms with Gasteiger partial charge in [-0.1, -0.05) is 0 Å². The number of fused-ring (bicyclic) bond motifs is 1. The molecular formula is C14H13N5O. The molecule has 0 bridgehead atoms. The number of carbonyl (C=O) groups excluding carboxylic acids is 1. The number of hydrogen-bond donors (Lipinski definition) is 1. The Bertz CT molecular complexity index is 635. The van der Waals surface area contributed by atoms with E-state index in [1.807, 2.05) is 19.1 Å². The Kier molecular flexibility index (Phi) is 3.97. The number of hydrazone groups is 1. The predicted octanol–water partition coefficient (Wildman–Crippen LogP) is 1.80. The average Bonchev–Trinajstić information content (AvgIpc) is 2.48. The van der Waals surface area contributed by atoms with Gasteiger partial charge in [-0.2, -0.15) is 15.6 Å². The van der Waals surface area contributed by atoms with Crippen LogP contribution in [0.15, 0.2) is 23.3 Å². The Morgan fingerprint density at radius 3 is 2.80 bits per heavy atom. The summed E-state index contributed by atoms with van der Waals surface area (Å²) in [5, 5.41) is 20.9. The molecule has 2 rings (SSSR count). The first-order chi connectivity index (χ1) is 9.69. The first kappa shape index (κ1) is 13.6. The monoisotopic (exact) mass is 267 g/mol. The van der Waals surface area contributed by atoms with Crippen molar-refractivity contribution in [1.29, 1.82) is 10.5 Å². The highest BCUT2D eigenvalue weighted by Gasteiger charge is 2.22. The van der Waals surface area contributed by atoms with E-state index < -0.39 is 0 Å². The molecule has 1 N–H and O–H groups in total. The van der Waals surface area contributed by atoms with Crippen LogP contribution in [0, 0.1) is 22.7 Å². The van der Waals surface area contributed by atoms with Gasteiger partial charge in [0.25, 0.3) is 0 Å². The number of aryl methyl sites for hydroxylation is 1. The van der Waals surface area contributed by atoms with Gasteiger partial charge in [0.1, 0.15) is 12.1 Å². The lowest BCUT2D eigenvalue weighted by atomic mass is 10.0. The number of rotatable bonds is 3. The Morgan fingerprint density at radius 1 is 1.40 bits per heavy atom. The van der Waals surface area contributed by atoms with E-state index in [1.165, 1.54) is 0 Å². The van der Waals surface area contributed by atoms with E-state index >= 15 is 0 Å². The zero-order valence-electron chi connectivity index (χ0n) is 11.1. The maximum atomic E-state index is 11.8. The normalized spacial score (nSPS) is 12.9. The number of amides is 1. The van der Waals surface area contributed by atoms with Gasteiger partial charge >= 0.3 is 0 Å². The maximum absolute atomic E-state index is 11.8. The third-order valence-electron chi connectivity index (χ3n) is 3.10. The van der Waals surface area contributed by atoms with E-state index in [0.717, 1.165) is 11.3 Å². The second kappa shape index (κ2) is 5.85. The lowest BCUT2D eigenvalue weighted by Crippen LogP contribution is -2.34. The van der Waals surface area contributed by atoms with E-state index in [9.17, 15) is 4.79 Å². The number of nitriles is 2. The minimum absolute atomic E-state index is 0.134. The largest absolute Gasteiger partial charge is 0.312 e. The van der Waals surface area contributed by atoms with Crippen molar-refractivity contribution in [3.8, 4) is 12.1 Å². The summed E-state index contributed by atoms with van der Waals surface area (Å²) in [7, 11) is 0. The van der Waals surface area contributed by atoms with Crippen LogP contribution in [0.1, 0.15) is 18.9 Å². The van der Waals surface area contributed by atoms with Gasteiger partial charge in [0.05, 0.1) is 5.69 Å². The van der Waals surface area contributed by atoms with Crippen LogP contribution in [0.2, 0.25) is 0 Å². The minimum atomic E-state index is -0.229. The van der Waals surface area contributed by atoms with Gasteiger partial charge in [-0.3, -0.25) is 10.2 Å². The van der Waals surface area contributed by atoms with Gasteiger partial charge in [-0.25, -0.2) is 0 Å². The number of nitrogens with zero attached hydrogens (tertiary/aromatic N) is 4. The van der Waals surface area contributed by atoms with Crippen molar-refractivity contribution in [2.45, 2.75) is 19.8 Å². The predicted molar refractivity (Wildman–Crippen MR) is 75.1 cm³/mol. The zero-order valence-corrected chi connectivity index (χ0v) is 11.1. The first-order valence-corrected chi connectivity index (χ1v) is 6.26. The van der Waals surface area contributed by atoms with Gasteiger partial charge < -0.3 is 4.90 Å². The number of hydrogen-bond acceptors (Lipinski definition) is 5. The van der Waals surface area contributed by atoms with Crippen molar-refractivity contribution in [2.75, 3.05) is 16.9 Å². The van der Waals surface area contributed by atoms with Crippen molar-refractivity contribution in [3.63, 3.8) is 0 Å². The van der Waals surface area contributed by atoms with Gasteiger partial charge in [0.2, 0.25) is 11.6 Å². The molecule has 1 aromatic carbocycles. The number of nitrogens with one attached hydrogen (secondary N) is 1. The molecule has 1 amide bonds. The number of carbonyl (C=O) groups is 1. The van der Waals surface area contributed by atoms with Crippen LogP contribution in [-0.2, 0) is 11.2 Å². The minimum Gasteiger partial charge on any atom is -0.312 e. The van der Waals surface area contributed by atoms with Crippen LogP contribution >= 0.6 is 0 Å². The SMILES string of the molecule is CCN1C(=O)CCc2cc(NN=C(C#N)C#N)ccc21. The summed E-state index contributed by atoms with van der Waals surface area (Å²) < 4.78 is 0. The molecule has 0 spiro atoms. The molecule has 1 aliphatic heterocycles. The molecule has 0 aliphatic carbocycles. The first-order valence-electron chi connectivity index (χ1n) is 6.26. The smallest absolute Gasteiger partial charge is 0.237 e. The van der Waals surface area contributed by atoms with Crippen LogP contribution in [0.3, 0.4) is 0 Å². The number of anilines is 2. The molecule has 1 aromatic rings. The Morgan fingerprint density at radius 2 is 2.15 bits per heavy atom. The fourth-order valence-electron chi connectivity index (χ4n) is 2.17. The molecule has 0 fully saturated rings. The van der Waals surface area contributed by atoms with E-state index in [2.05, 4.69) is 10.5 Å². The second-order valence-corrected chi connectivity index (χ2v) is 4.28. The van der Waals surface area contributed by atoms with Crippen LogP contribution in [0.5, 0.6) is 0 Å². The van der Waals surface area contributed by atoms with E-state index in [1.54, 1.807) is 23.1 Å². The number of benzene rings is 1. The van der Waals surface area contributed by atoms with Crippen molar-refractivity contribution in [2.24, 2.45) is 5.10 Å². The van der Waals surface area contributed by atoms with Gasteiger partial charge in [0.15, 0.2) is 0 Å². The molecule has 6 heteroatoms. The summed E-state index contributed by atoms with van der Waals surface area (Å²) in [5.41, 5.74) is 5.12. The summed E-state index contributed by atoms with van der Waals surface area (Å²) in [6.07, 6.45) is 1.18. The fourth-order valence-corrected chi connectivity index (χ4v) is 2.17. The van der Waals surface area contributed by atoms with Gasteiger partial charge in [-0.05, 0) is 37.1 Å². The average molecular weight is 267 g/mol. The van der Waals surface area contributed by atoms with E-state index in [0.29, 0.717) is 25.1 Å². The summed E-state index contributed by atoms with van der Waals surface area (Å²) in [6.45, 7) is 2.58. The molecule has 0 unspecified atom stereocenters. The lowest BCUT2D eigenvalue weighted by Gasteiger charge is -2.28. The molecule has 0 saturated carbocycles. The summed E-state index contributed by atoms with van der Waals surface area (Å²) >= 11 is 0. The third kappa shape index (κ3) is 2.60. The van der Waals surface area contributed by atoms with Crippen LogP contribution in [0.25, 0.3) is 0 Å². The van der Waals surface area contributed by atoms with Crippen molar-refractivity contribution < 1.29 is 4.79 Å². The fraction of sp³-hybridized carbons (Fsp3) is 0.286. The van der Waals surface area contributed by atoms with Gasteiger partial charge in [-0.15, -0.1) is 0 Å². The lowest BCUT2D eigenvalue weighted by molar-refractivity contribution is -0.118. The second-order valence-electron chi connectivity index (χ2n) is 4.28. The Balaban J connectivity index is 2.26. The summed E-state index contributed by atoms with van der Waals surface area (Å²) in [5.74, 6) is 0.134. The summed E-state index contributed by atoms with van der Waals surface area (Å²) in [6, 6.07) is 8.88. The Labute approximate surface area is 116 Å². The standard InChI is InChI=1S/C14H13N5O/c1-2-19-13-5-4-11(17-18-12(8-15)9-16)7-10(13)3-6-14(19)20/h4-5,7,17H,2-3,6H2,1H3. The topological polar surface area (TPSA) is 92.3 Å². The molecule has 0 aromatic heterocycles. The molecule has 0 saturated heterocycles. The van der Waals surface area contributed by atoms with Crippen molar-refractivity contribution in [1.82, 2.24) is 0 Å². The highest BCUT2D eigenvalue weighted by Crippen LogP contribution is 2.30. The Hall–Kier alpha value is -2.86. The van der Waals surface area contributed by atoms with Crippen LogP contribution in [0.4, 0.5) is 11.4 Å². The maximum Gasteiger partial charge on any atom is 0.237 e. The molecule has 0 atom stereocenters. The van der Waals surface area contributed by atoms with Gasteiger partial charge in [0, 0.05) is 18.7 Å². The molecular weight excluding hydrogens is 254 g/mol. The zero-order chi connectivity index (χ0) is 14.5.